The minimum Gasteiger partial charge on any atom is -0.337 e. The Bertz CT molecular complexity index is 344. The molecule has 0 aromatic carbocycles. The number of carbonyl (C=O) groups is 1. The number of likely N-dealkylation sites (tertiary alicyclic amines) is 2. The third-order valence-corrected chi connectivity index (χ3v) is 5.22. The molecule has 2 aliphatic heterocycles. The highest BCUT2D eigenvalue weighted by atomic mass is 16.2. The van der Waals surface area contributed by atoms with Crippen molar-refractivity contribution in [1.82, 2.24) is 20.0 Å². The molecule has 0 radical (unpaired) electrons. The van der Waals surface area contributed by atoms with Crippen LogP contribution in [0.2, 0.25) is 0 Å². The van der Waals surface area contributed by atoms with Gasteiger partial charge in [0.2, 0.25) is 0 Å². The molecule has 2 amide bonds. The Morgan fingerprint density at radius 2 is 1.87 bits per heavy atom. The van der Waals surface area contributed by atoms with Crippen LogP contribution in [-0.2, 0) is 0 Å². The van der Waals surface area contributed by atoms with E-state index in [9.17, 15) is 4.79 Å². The van der Waals surface area contributed by atoms with E-state index >= 15 is 0 Å². The number of nitrogens with zero attached hydrogens (tertiary/aromatic N) is 3. The number of amides is 2. The van der Waals surface area contributed by atoms with Crippen LogP contribution in [0.25, 0.3) is 0 Å². The van der Waals surface area contributed by atoms with Gasteiger partial charge in [-0.1, -0.05) is 6.92 Å². The van der Waals surface area contributed by atoms with Gasteiger partial charge in [0, 0.05) is 32.7 Å². The molecule has 0 aromatic rings. The Balaban J connectivity index is 1.57. The van der Waals surface area contributed by atoms with Crippen LogP contribution < -0.4 is 5.32 Å². The van der Waals surface area contributed by atoms with Gasteiger partial charge in [0.25, 0.3) is 0 Å². The van der Waals surface area contributed by atoms with Crippen LogP contribution in [0.5, 0.6) is 0 Å². The average Bonchev–Trinajstić information content (AvgIpc) is 3.05. The van der Waals surface area contributed by atoms with E-state index < -0.39 is 0 Å². The van der Waals surface area contributed by atoms with Crippen LogP contribution >= 0.6 is 0 Å². The molecule has 1 N–H and O–H groups in total. The maximum Gasteiger partial charge on any atom is 0.317 e. The SMILES string of the molecule is CCN(CCCN1CCCC1)C(=O)NCCN1CCCC(C)C1. The van der Waals surface area contributed by atoms with Gasteiger partial charge < -0.3 is 20.0 Å². The van der Waals surface area contributed by atoms with Crippen LogP contribution in [0.1, 0.15) is 46.0 Å². The summed E-state index contributed by atoms with van der Waals surface area (Å²) in [4.78, 5) is 19.2. The summed E-state index contributed by atoms with van der Waals surface area (Å²) < 4.78 is 0. The molecule has 5 nitrogen and oxygen atoms in total. The summed E-state index contributed by atoms with van der Waals surface area (Å²) in [5, 5.41) is 3.11. The predicted molar refractivity (Wildman–Crippen MR) is 95.8 cm³/mol. The first-order valence-corrected chi connectivity index (χ1v) is 9.66. The average molecular weight is 325 g/mol. The molecule has 23 heavy (non-hydrogen) atoms. The second-order valence-corrected chi connectivity index (χ2v) is 7.26. The molecule has 2 rings (SSSR count). The van der Waals surface area contributed by atoms with Crippen molar-refractivity contribution < 1.29 is 4.79 Å². The number of hydrogen-bond acceptors (Lipinski definition) is 3. The fraction of sp³-hybridized carbons (Fsp3) is 0.944. The fourth-order valence-electron chi connectivity index (χ4n) is 3.82. The zero-order valence-electron chi connectivity index (χ0n) is 15.2. The summed E-state index contributed by atoms with van der Waals surface area (Å²) in [7, 11) is 0. The standard InChI is InChI=1S/C18H36N4O/c1-3-22(14-7-13-20-10-4-5-11-20)18(23)19-9-15-21-12-6-8-17(2)16-21/h17H,3-16H2,1-2H3,(H,19,23). The highest BCUT2D eigenvalue weighted by Gasteiger charge is 2.17. The number of rotatable bonds is 8. The van der Waals surface area contributed by atoms with Crippen LogP contribution in [0.3, 0.4) is 0 Å². The van der Waals surface area contributed by atoms with Crippen LogP contribution in [0.4, 0.5) is 4.79 Å². The summed E-state index contributed by atoms with van der Waals surface area (Å²) in [5.41, 5.74) is 0. The van der Waals surface area contributed by atoms with Gasteiger partial charge in [0.05, 0.1) is 0 Å². The van der Waals surface area contributed by atoms with Crippen molar-refractivity contribution in [3.05, 3.63) is 0 Å². The zero-order chi connectivity index (χ0) is 16.5. The largest absolute Gasteiger partial charge is 0.337 e. The van der Waals surface area contributed by atoms with Crippen molar-refractivity contribution in [2.24, 2.45) is 5.92 Å². The Morgan fingerprint density at radius 1 is 1.13 bits per heavy atom. The summed E-state index contributed by atoms with van der Waals surface area (Å²) in [6.07, 6.45) is 6.42. The van der Waals surface area contributed by atoms with Gasteiger partial charge >= 0.3 is 6.03 Å². The van der Waals surface area contributed by atoms with E-state index in [-0.39, 0.29) is 6.03 Å². The highest BCUT2D eigenvalue weighted by molar-refractivity contribution is 5.74. The molecule has 5 heteroatoms. The summed E-state index contributed by atoms with van der Waals surface area (Å²) in [6.45, 7) is 13.8. The van der Waals surface area contributed by atoms with Crippen molar-refractivity contribution in [2.45, 2.75) is 46.0 Å². The van der Waals surface area contributed by atoms with E-state index in [1.807, 2.05) is 4.90 Å². The molecule has 1 unspecified atom stereocenters. The van der Waals surface area contributed by atoms with E-state index in [0.29, 0.717) is 0 Å². The van der Waals surface area contributed by atoms with Crippen molar-refractivity contribution in [1.29, 1.82) is 0 Å². The Morgan fingerprint density at radius 3 is 2.57 bits per heavy atom. The van der Waals surface area contributed by atoms with E-state index in [1.165, 1.54) is 51.9 Å². The number of piperidine rings is 1. The molecular weight excluding hydrogens is 288 g/mol. The molecule has 0 aromatic heterocycles. The molecule has 1 atom stereocenters. The Kier molecular flexibility index (Phi) is 8.17. The van der Waals surface area contributed by atoms with Crippen LogP contribution in [-0.4, -0.2) is 79.6 Å². The van der Waals surface area contributed by atoms with E-state index in [4.69, 9.17) is 0 Å². The minimum absolute atomic E-state index is 0.110. The fourth-order valence-corrected chi connectivity index (χ4v) is 3.82. The molecule has 0 spiro atoms. The monoisotopic (exact) mass is 324 g/mol. The van der Waals surface area contributed by atoms with E-state index in [0.717, 1.165) is 45.1 Å². The minimum atomic E-state index is 0.110. The molecule has 2 fully saturated rings. The first-order chi connectivity index (χ1) is 11.2. The molecule has 2 aliphatic rings. The second kappa shape index (κ2) is 10.1. The van der Waals surface area contributed by atoms with Crippen LogP contribution in [0.15, 0.2) is 0 Å². The van der Waals surface area contributed by atoms with Gasteiger partial charge in [0.1, 0.15) is 0 Å². The Hall–Kier alpha value is -0.810. The van der Waals surface area contributed by atoms with Gasteiger partial charge in [-0.2, -0.15) is 0 Å². The topological polar surface area (TPSA) is 38.8 Å². The van der Waals surface area contributed by atoms with Crippen LogP contribution in [0, 0.1) is 5.92 Å². The van der Waals surface area contributed by atoms with Crippen molar-refractivity contribution in [3.8, 4) is 0 Å². The third-order valence-electron chi connectivity index (χ3n) is 5.22. The molecule has 0 bridgehead atoms. The van der Waals surface area contributed by atoms with E-state index in [2.05, 4.69) is 29.0 Å². The predicted octanol–water partition coefficient (Wildman–Crippen LogP) is 2.24. The summed E-state index contributed by atoms with van der Waals surface area (Å²) >= 11 is 0. The quantitative estimate of drug-likeness (QED) is 0.744. The summed E-state index contributed by atoms with van der Waals surface area (Å²) in [5.74, 6) is 0.803. The van der Waals surface area contributed by atoms with Gasteiger partial charge in [0.15, 0.2) is 0 Å². The molecule has 2 saturated heterocycles. The number of urea groups is 1. The lowest BCUT2D eigenvalue weighted by Gasteiger charge is -2.31. The summed E-state index contributed by atoms with van der Waals surface area (Å²) in [6, 6.07) is 0.110. The van der Waals surface area contributed by atoms with Crippen molar-refractivity contribution >= 4 is 6.03 Å². The first kappa shape index (κ1) is 18.5. The van der Waals surface area contributed by atoms with Gasteiger partial charge in [-0.15, -0.1) is 0 Å². The van der Waals surface area contributed by atoms with Gasteiger partial charge in [-0.25, -0.2) is 4.79 Å². The lowest BCUT2D eigenvalue weighted by atomic mass is 10.0. The molecule has 0 saturated carbocycles. The van der Waals surface area contributed by atoms with Gasteiger partial charge in [-0.3, -0.25) is 0 Å². The third kappa shape index (κ3) is 6.68. The lowest BCUT2D eigenvalue weighted by molar-refractivity contribution is 0.176. The smallest absolute Gasteiger partial charge is 0.317 e. The van der Waals surface area contributed by atoms with E-state index in [1.54, 1.807) is 0 Å². The van der Waals surface area contributed by atoms with Crippen molar-refractivity contribution in [3.63, 3.8) is 0 Å². The molecule has 0 aliphatic carbocycles. The second-order valence-electron chi connectivity index (χ2n) is 7.26. The lowest BCUT2D eigenvalue weighted by Crippen LogP contribution is -2.45. The normalized spacial score (nSPS) is 23.1. The van der Waals surface area contributed by atoms with Crippen molar-refractivity contribution in [2.75, 3.05) is 58.9 Å². The Labute approximate surface area is 142 Å². The first-order valence-electron chi connectivity index (χ1n) is 9.66. The number of carbonyl (C=O) groups excluding carboxylic acids is 1. The number of nitrogens with one attached hydrogen (secondary N) is 1. The molecule has 134 valence electrons. The van der Waals surface area contributed by atoms with Gasteiger partial charge in [-0.05, 0) is 71.1 Å². The maximum absolute atomic E-state index is 12.3. The maximum atomic E-state index is 12.3. The number of hydrogen-bond donors (Lipinski definition) is 1. The highest BCUT2D eigenvalue weighted by Crippen LogP contribution is 2.14. The molecular formula is C18H36N4O. The molecule has 2 heterocycles. The zero-order valence-corrected chi connectivity index (χ0v) is 15.2.